The van der Waals surface area contributed by atoms with Crippen LogP contribution in [0.4, 0.5) is 13.2 Å². The summed E-state index contributed by atoms with van der Waals surface area (Å²) in [4.78, 5) is 11.0. The molecule has 0 amide bonds. The molecule has 0 radical (unpaired) electrons. The summed E-state index contributed by atoms with van der Waals surface area (Å²) in [7, 11) is 0. The molecule has 3 rings (SSSR count). The molecule has 2 aromatic carbocycles. The summed E-state index contributed by atoms with van der Waals surface area (Å²) in [5, 5.41) is 9.02. The second-order valence-electron chi connectivity index (χ2n) is 7.08. The molecule has 1 N–H and O–H groups in total. The number of carboxylic acids is 1. The highest BCUT2D eigenvalue weighted by Crippen LogP contribution is 2.43. The number of fused-ring (bicyclic) bond motifs is 1. The maximum atomic E-state index is 13.4. The van der Waals surface area contributed by atoms with E-state index in [1.54, 1.807) is 37.3 Å². The van der Waals surface area contributed by atoms with Crippen LogP contribution in [0.2, 0.25) is 0 Å². The average molecular weight is 408 g/mol. The Balaban J connectivity index is 1.79. The van der Waals surface area contributed by atoms with Gasteiger partial charge in [0, 0.05) is 6.61 Å². The van der Waals surface area contributed by atoms with Gasteiger partial charge in [0.15, 0.2) is 0 Å². The smallest absolute Gasteiger partial charge is 0.416 e. The van der Waals surface area contributed by atoms with Gasteiger partial charge in [0.05, 0.1) is 18.1 Å². The van der Waals surface area contributed by atoms with E-state index in [9.17, 15) is 18.0 Å². The largest absolute Gasteiger partial charge is 0.486 e. The molecule has 4 nitrogen and oxygen atoms in total. The van der Waals surface area contributed by atoms with Gasteiger partial charge in [-0.05, 0) is 61.1 Å². The third-order valence-electron chi connectivity index (χ3n) is 5.10. The van der Waals surface area contributed by atoms with Crippen LogP contribution in [0.15, 0.2) is 36.4 Å². The number of aliphatic carboxylic acids is 1. The highest BCUT2D eigenvalue weighted by molar-refractivity contribution is 5.67. The van der Waals surface area contributed by atoms with Crippen molar-refractivity contribution in [2.24, 2.45) is 0 Å². The Morgan fingerprint density at radius 3 is 2.48 bits per heavy atom. The highest BCUT2D eigenvalue weighted by Gasteiger charge is 2.39. The minimum atomic E-state index is -4.38. The van der Waals surface area contributed by atoms with E-state index in [1.807, 2.05) is 0 Å². The van der Waals surface area contributed by atoms with Gasteiger partial charge in [0.1, 0.15) is 11.9 Å². The number of aryl methyl sites for hydroxylation is 1. The predicted octanol–water partition coefficient (Wildman–Crippen LogP) is 5.63. The number of halogens is 3. The van der Waals surface area contributed by atoms with Gasteiger partial charge < -0.3 is 14.6 Å². The van der Waals surface area contributed by atoms with Crippen LogP contribution in [0.25, 0.3) is 0 Å². The first-order valence-corrected chi connectivity index (χ1v) is 9.50. The predicted molar refractivity (Wildman–Crippen MR) is 101 cm³/mol. The topological polar surface area (TPSA) is 55.8 Å². The lowest BCUT2D eigenvalue weighted by Gasteiger charge is -2.19. The van der Waals surface area contributed by atoms with E-state index in [0.717, 1.165) is 0 Å². The molecule has 156 valence electrons. The Morgan fingerprint density at radius 1 is 1.21 bits per heavy atom. The van der Waals surface area contributed by atoms with E-state index >= 15 is 0 Å². The maximum Gasteiger partial charge on any atom is 0.416 e. The number of alkyl halides is 3. The van der Waals surface area contributed by atoms with Gasteiger partial charge in [-0.25, -0.2) is 0 Å². The first kappa shape index (κ1) is 21.2. The second-order valence-corrected chi connectivity index (χ2v) is 7.08. The number of benzene rings is 2. The van der Waals surface area contributed by atoms with Crippen LogP contribution in [0.3, 0.4) is 0 Å². The van der Waals surface area contributed by atoms with Gasteiger partial charge in [-0.3, -0.25) is 4.79 Å². The maximum absolute atomic E-state index is 13.4. The van der Waals surface area contributed by atoms with E-state index in [1.165, 1.54) is 13.0 Å². The fourth-order valence-corrected chi connectivity index (χ4v) is 3.86. The van der Waals surface area contributed by atoms with Crippen molar-refractivity contribution < 1.29 is 32.5 Å². The summed E-state index contributed by atoms with van der Waals surface area (Å²) < 4.78 is 51.8. The molecule has 1 aliphatic carbocycles. The number of hydrogen-bond acceptors (Lipinski definition) is 3. The summed E-state index contributed by atoms with van der Waals surface area (Å²) in [6, 6.07) is 10.0. The molecule has 0 saturated heterocycles. The standard InChI is InChI=1S/C22H23F3O4/c1-3-28-19(12-20(26)27)14-5-7-15(8-6-14)29-18-11-10-17-16(18)9-4-13(2)21(17)22(23,24)25/h4-9,18-19H,3,10-12H2,1-2H3,(H,26,27)/t18-,19+/m1/s1. The minimum absolute atomic E-state index is 0.149. The normalized spacial score (nSPS) is 17.1. The minimum Gasteiger partial charge on any atom is -0.486 e. The van der Waals surface area contributed by atoms with Gasteiger partial charge in [-0.15, -0.1) is 0 Å². The fraction of sp³-hybridized carbons (Fsp3) is 0.409. The molecule has 0 aliphatic heterocycles. The zero-order valence-electron chi connectivity index (χ0n) is 16.3. The Hall–Kier alpha value is -2.54. The lowest BCUT2D eigenvalue weighted by molar-refractivity contribution is -0.140. The molecule has 7 heteroatoms. The third-order valence-corrected chi connectivity index (χ3v) is 5.10. The second kappa shape index (κ2) is 8.45. The molecule has 0 heterocycles. The lowest BCUT2D eigenvalue weighted by Crippen LogP contribution is -2.12. The van der Waals surface area contributed by atoms with Crippen molar-refractivity contribution in [2.75, 3.05) is 6.61 Å². The summed E-state index contributed by atoms with van der Waals surface area (Å²) >= 11 is 0. The van der Waals surface area contributed by atoms with E-state index < -0.39 is 29.9 Å². The Kier molecular flexibility index (Phi) is 6.17. The molecule has 0 fully saturated rings. The van der Waals surface area contributed by atoms with E-state index in [-0.39, 0.29) is 12.0 Å². The molecular formula is C22H23F3O4. The van der Waals surface area contributed by atoms with E-state index in [2.05, 4.69) is 0 Å². The highest BCUT2D eigenvalue weighted by atomic mass is 19.4. The van der Waals surface area contributed by atoms with Gasteiger partial charge >= 0.3 is 12.1 Å². The molecule has 0 aromatic heterocycles. The van der Waals surface area contributed by atoms with Crippen LogP contribution in [0.5, 0.6) is 5.75 Å². The van der Waals surface area contributed by atoms with Crippen molar-refractivity contribution in [2.45, 2.75) is 51.5 Å². The van der Waals surface area contributed by atoms with Gasteiger partial charge in [0.2, 0.25) is 0 Å². The SMILES string of the molecule is CCO[C@@H](CC(=O)O)c1ccc(O[C@@H]2CCc3c2ccc(C)c3C(F)(F)F)cc1. The summed E-state index contributed by atoms with van der Waals surface area (Å²) in [5.41, 5.74) is 1.27. The van der Waals surface area contributed by atoms with Crippen molar-refractivity contribution in [3.05, 3.63) is 64.2 Å². The fourth-order valence-electron chi connectivity index (χ4n) is 3.86. The molecule has 0 unspecified atom stereocenters. The Labute approximate surface area is 167 Å². The molecule has 0 bridgehead atoms. The number of carboxylic acid groups (broad SMARTS) is 1. The summed E-state index contributed by atoms with van der Waals surface area (Å²) in [5.74, 6) is -0.437. The van der Waals surface area contributed by atoms with Crippen LogP contribution < -0.4 is 4.74 Å². The number of carbonyl (C=O) groups is 1. The van der Waals surface area contributed by atoms with E-state index in [4.69, 9.17) is 14.6 Å². The summed E-state index contributed by atoms with van der Waals surface area (Å²) in [6.45, 7) is 3.65. The monoisotopic (exact) mass is 408 g/mol. The van der Waals surface area contributed by atoms with Crippen LogP contribution in [-0.2, 0) is 22.1 Å². The molecule has 29 heavy (non-hydrogen) atoms. The number of hydrogen-bond donors (Lipinski definition) is 1. The van der Waals surface area contributed by atoms with Gasteiger partial charge in [-0.2, -0.15) is 13.2 Å². The first-order valence-electron chi connectivity index (χ1n) is 9.50. The Bertz CT molecular complexity index is 875. The van der Waals surface area contributed by atoms with Crippen LogP contribution in [-0.4, -0.2) is 17.7 Å². The number of ether oxygens (including phenoxy) is 2. The molecule has 2 atom stereocenters. The zero-order valence-corrected chi connectivity index (χ0v) is 16.3. The quantitative estimate of drug-likeness (QED) is 0.645. The number of rotatable bonds is 7. The van der Waals surface area contributed by atoms with E-state index in [0.29, 0.717) is 41.9 Å². The lowest BCUT2D eigenvalue weighted by atomic mass is 9.97. The van der Waals surface area contributed by atoms with Crippen molar-refractivity contribution in [1.82, 2.24) is 0 Å². The van der Waals surface area contributed by atoms with Gasteiger partial charge in [-0.1, -0.05) is 24.3 Å². The molecule has 0 spiro atoms. The first-order chi connectivity index (χ1) is 13.7. The average Bonchev–Trinajstić information content (AvgIpc) is 3.03. The third kappa shape index (κ3) is 4.72. The van der Waals surface area contributed by atoms with Crippen molar-refractivity contribution >= 4 is 5.97 Å². The zero-order chi connectivity index (χ0) is 21.2. The van der Waals surface area contributed by atoms with Crippen molar-refractivity contribution in [1.29, 1.82) is 0 Å². The van der Waals surface area contributed by atoms with Crippen LogP contribution in [0, 0.1) is 6.92 Å². The van der Waals surface area contributed by atoms with Crippen LogP contribution >= 0.6 is 0 Å². The Morgan fingerprint density at radius 2 is 1.90 bits per heavy atom. The molecular weight excluding hydrogens is 385 g/mol. The molecule has 1 aliphatic rings. The van der Waals surface area contributed by atoms with Gasteiger partial charge in [0.25, 0.3) is 0 Å². The molecule has 2 aromatic rings. The summed E-state index contributed by atoms with van der Waals surface area (Å²) in [6.07, 6.45) is -4.74. The van der Waals surface area contributed by atoms with Crippen molar-refractivity contribution in [3.63, 3.8) is 0 Å². The van der Waals surface area contributed by atoms with Crippen molar-refractivity contribution in [3.8, 4) is 5.75 Å². The van der Waals surface area contributed by atoms with Crippen LogP contribution in [0.1, 0.15) is 59.8 Å². The molecule has 0 saturated carbocycles.